The van der Waals surface area contributed by atoms with Crippen LogP contribution in [-0.2, 0) is 4.79 Å². The minimum atomic E-state index is -1.80. The van der Waals surface area contributed by atoms with E-state index in [1.807, 2.05) is 0 Å². The van der Waals surface area contributed by atoms with Crippen LogP contribution in [0.4, 0.5) is 23.2 Å². The highest BCUT2D eigenvalue weighted by Crippen LogP contribution is 2.20. The molecule has 2 nitrogen and oxygen atoms in total. The van der Waals surface area contributed by atoms with Gasteiger partial charge in [0, 0.05) is 24.9 Å². The maximum atomic E-state index is 12.8. The van der Waals surface area contributed by atoms with Crippen molar-refractivity contribution in [2.24, 2.45) is 0 Å². The zero-order valence-electron chi connectivity index (χ0n) is 8.60. The minimum absolute atomic E-state index is 0.245. The molecule has 1 atom stereocenters. The number of amides is 1. The molecule has 6 heteroatoms. The molecule has 0 fully saturated rings. The Kier molecular flexibility index (Phi) is 3.51. The fourth-order valence-corrected chi connectivity index (χ4v) is 1.13. The number of halogens is 4. The topological polar surface area (TPSA) is 20.3 Å². The highest BCUT2D eigenvalue weighted by Gasteiger charge is 2.20. The lowest BCUT2D eigenvalue weighted by Crippen LogP contribution is -2.32. The first-order valence-corrected chi connectivity index (χ1v) is 4.40. The van der Waals surface area contributed by atoms with Gasteiger partial charge in [-0.3, -0.25) is 4.79 Å². The van der Waals surface area contributed by atoms with E-state index in [1.165, 1.54) is 0 Å². The number of benzene rings is 1. The van der Waals surface area contributed by atoms with Crippen LogP contribution >= 0.6 is 0 Å². The summed E-state index contributed by atoms with van der Waals surface area (Å²) < 4.78 is 50.9. The van der Waals surface area contributed by atoms with E-state index in [-0.39, 0.29) is 5.69 Å². The molecule has 1 aromatic rings. The first kappa shape index (κ1) is 12.5. The zero-order valence-corrected chi connectivity index (χ0v) is 8.60. The van der Waals surface area contributed by atoms with Crippen molar-refractivity contribution >= 4 is 11.6 Å². The average molecular weight is 235 g/mol. The molecule has 1 amide bonds. The van der Waals surface area contributed by atoms with Gasteiger partial charge >= 0.3 is 0 Å². The number of rotatable bonds is 2. The van der Waals surface area contributed by atoms with Crippen molar-refractivity contribution in [3.8, 4) is 0 Å². The van der Waals surface area contributed by atoms with E-state index in [4.69, 9.17) is 0 Å². The third kappa shape index (κ3) is 2.32. The number of carbonyl (C=O) groups is 1. The predicted molar refractivity (Wildman–Crippen MR) is 50.3 cm³/mol. The summed E-state index contributed by atoms with van der Waals surface area (Å²) in [4.78, 5) is 11.9. The van der Waals surface area contributed by atoms with Crippen LogP contribution in [0.25, 0.3) is 0 Å². The Morgan fingerprint density at radius 3 is 2.06 bits per heavy atom. The molecule has 16 heavy (non-hydrogen) atoms. The zero-order chi connectivity index (χ0) is 12.5. The minimum Gasteiger partial charge on any atom is -0.313 e. The Bertz CT molecular complexity index is 396. The summed E-state index contributed by atoms with van der Waals surface area (Å²) in [6.45, 7) is 0.995. The summed E-state index contributed by atoms with van der Waals surface area (Å²) in [5.41, 5.74) is -0.245. The van der Waals surface area contributed by atoms with Crippen LogP contribution in [0, 0.1) is 17.5 Å². The van der Waals surface area contributed by atoms with Crippen LogP contribution < -0.4 is 4.90 Å². The molecule has 1 unspecified atom stereocenters. The molecule has 0 aromatic heterocycles. The molecule has 0 aliphatic rings. The lowest BCUT2D eigenvalue weighted by molar-refractivity contribution is -0.122. The van der Waals surface area contributed by atoms with Crippen molar-refractivity contribution in [1.29, 1.82) is 0 Å². The fraction of sp³-hybridized carbons (Fsp3) is 0.300. The molecule has 0 radical (unpaired) electrons. The van der Waals surface area contributed by atoms with Crippen LogP contribution in [0.1, 0.15) is 6.92 Å². The van der Waals surface area contributed by atoms with Crippen LogP contribution in [0.3, 0.4) is 0 Å². The number of carbonyl (C=O) groups excluding carboxylic acids is 1. The van der Waals surface area contributed by atoms with Gasteiger partial charge < -0.3 is 4.90 Å². The number of hydrogen-bond donors (Lipinski definition) is 0. The fourth-order valence-electron chi connectivity index (χ4n) is 1.13. The highest BCUT2D eigenvalue weighted by atomic mass is 19.2. The van der Waals surface area contributed by atoms with E-state index < -0.39 is 29.5 Å². The second kappa shape index (κ2) is 4.51. The second-order valence-electron chi connectivity index (χ2n) is 3.24. The van der Waals surface area contributed by atoms with Crippen LogP contribution in [0.5, 0.6) is 0 Å². The van der Waals surface area contributed by atoms with Crippen molar-refractivity contribution < 1.29 is 22.4 Å². The van der Waals surface area contributed by atoms with Crippen molar-refractivity contribution in [3.05, 3.63) is 29.6 Å². The monoisotopic (exact) mass is 235 g/mol. The molecule has 0 aliphatic carbocycles. The van der Waals surface area contributed by atoms with E-state index in [9.17, 15) is 22.4 Å². The van der Waals surface area contributed by atoms with Crippen molar-refractivity contribution in [2.45, 2.75) is 13.1 Å². The van der Waals surface area contributed by atoms with Gasteiger partial charge in [-0.15, -0.1) is 0 Å². The number of nitrogens with zero attached hydrogens (tertiary/aromatic N) is 1. The van der Waals surface area contributed by atoms with Gasteiger partial charge in [0.15, 0.2) is 23.6 Å². The summed E-state index contributed by atoms with van der Waals surface area (Å²) >= 11 is 0. The molecule has 0 saturated heterocycles. The van der Waals surface area contributed by atoms with Gasteiger partial charge in [-0.05, 0) is 6.92 Å². The van der Waals surface area contributed by atoms with Gasteiger partial charge in [-0.2, -0.15) is 0 Å². The molecule has 1 rings (SSSR count). The van der Waals surface area contributed by atoms with E-state index in [0.717, 1.165) is 18.9 Å². The maximum Gasteiger partial charge on any atom is 0.260 e. The molecular formula is C10H9F4NO. The smallest absolute Gasteiger partial charge is 0.260 e. The van der Waals surface area contributed by atoms with Crippen molar-refractivity contribution in [1.82, 2.24) is 0 Å². The van der Waals surface area contributed by atoms with Gasteiger partial charge in [0.1, 0.15) is 0 Å². The van der Waals surface area contributed by atoms with Crippen molar-refractivity contribution in [2.75, 3.05) is 11.9 Å². The lowest BCUT2D eigenvalue weighted by atomic mass is 10.2. The molecule has 0 heterocycles. The number of hydrogen-bond acceptors (Lipinski definition) is 1. The summed E-state index contributed by atoms with van der Waals surface area (Å²) in [6, 6.07) is 1.25. The van der Waals surface area contributed by atoms with E-state index in [0.29, 0.717) is 12.1 Å². The molecule has 0 bridgehead atoms. The SMILES string of the molecule is CC(F)C(=O)N(C)c1cc(F)c(F)c(F)c1. The summed E-state index contributed by atoms with van der Waals surface area (Å²) in [5.74, 6) is -5.45. The van der Waals surface area contributed by atoms with E-state index in [2.05, 4.69) is 0 Å². The normalized spacial score (nSPS) is 12.4. The quantitative estimate of drug-likeness (QED) is 0.569. The largest absolute Gasteiger partial charge is 0.313 e. The molecule has 0 spiro atoms. The molecular weight excluding hydrogens is 226 g/mol. The first-order chi connectivity index (χ1) is 7.34. The third-order valence-corrected chi connectivity index (χ3v) is 2.03. The van der Waals surface area contributed by atoms with Gasteiger partial charge in [-0.25, -0.2) is 17.6 Å². The lowest BCUT2D eigenvalue weighted by Gasteiger charge is -2.18. The summed E-state index contributed by atoms with van der Waals surface area (Å²) in [5, 5.41) is 0. The Hall–Kier alpha value is -1.59. The molecule has 0 N–H and O–H groups in total. The van der Waals surface area contributed by atoms with Crippen LogP contribution in [-0.4, -0.2) is 19.1 Å². The first-order valence-electron chi connectivity index (χ1n) is 4.40. The van der Waals surface area contributed by atoms with Crippen LogP contribution in [0.2, 0.25) is 0 Å². The Labute approximate surface area is 89.5 Å². The Morgan fingerprint density at radius 1 is 1.25 bits per heavy atom. The molecule has 1 aromatic carbocycles. The van der Waals surface area contributed by atoms with Gasteiger partial charge in [0.25, 0.3) is 5.91 Å². The van der Waals surface area contributed by atoms with Crippen molar-refractivity contribution in [3.63, 3.8) is 0 Å². The van der Waals surface area contributed by atoms with E-state index >= 15 is 0 Å². The van der Waals surface area contributed by atoms with E-state index in [1.54, 1.807) is 0 Å². The number of alkyl halides is 1. The number of anilines is 1. The van der Waals surface area contributed by atoms with Crippen LogP contribution in [0.15, 0.2) is 12.1 Å². The summed E-state index contributed by atoms with van der Waals surface area (Å²) in [7, 11) is 1.14. The maximum absolute atomic E-state index is 12.8. The Balaban J connectivity index is 3.10. The van der Waals surface area contributed by atoms with Gasteiger partial charge in [0.05, 0.1) is 0 Å². The van der Waals surface area contributed by atoms with Gasteiger partial charge in [0.2, 0.25) is 0 Å². The molecule has 0 aliphatic heterocycles. The summed E-state index contributed by atoms with van der Waals surface area (Å²) in [6.07, 6.45) is -1.80. The molecule has 88 valence electrons. The average Bonchev–Trinajstić information content (AvgIpc) is 2.22. The second-order valence-corrected chi connectivity index (χ2v) is 3.24. The Morgan fingerprint density at radius 2 is 1.69 bits per heavy atom. The highest BCUT2D eigenvalue weighted by molar-refractivity contribution is 5.95. The predicted octanol–water partition coefficient (Wildman–Crippen LogP) is 2.42. The third-order valence-electron chi connectivity index (χ3n) is 2.03. The van der Waals surface area contributed by atoms with Gasteiger partial charge in [-0.1, -0.05) is 0 Å². The standard InChI is InChI=1S/C10H9F4NO/c1-5(11)10(16)15(2)6-3-7(12)9(14)8(13)4-6/h3-5H,1-2H3. The molecule has 0 saturated carbocycles.